The highest BCUT2D eigenvalue weighted by molar-refractivity contribution is 6.99. The van der Waals surface area contributed by atoms with Crippen molar-refractivity contribution in [3.05, 3.63) is 90.0 Å². The lowest BCUT2D eigenvalue weighted by molar-refractivity contribution is 0.0927. The molecule has 0 radical (unpaired) electrons. The molecule has 0 fully saturated rings. The van der Waals surface area contributed by atoms with Crippen molar-refractivity contribution in [1.82, 2.24) is 5.32 Å². The van der Waals surface area contributed by atoms with E-state index in [0.29, 0.717) is 0 Å². The van der Waals surface area contributed by atoms with Gasteiger partial charge in [0.25, 0.3) is 8.32 Å². The molecule has 3 rings (SSSR count). The number of nitrogen functional groups attached to an aromatic ring is 1. The Labute approximate surface area is 212 Å². The van der Waals surface area contributed by atoms with Gasteiger partial charge in [0.05, 0.1) is 6.61 Å². The third kappa shape index (κ3) is 6.40. The van der Waals surface area contributed by atoms with E-state index in [9.17, 15) is 0 Å². The highest BCUT2D eigenvalue weighted by atomic mass is 28.4. The summed E-state index contributed by atoms with van der Waals surface area (Å²) in [6.07, 6.45) is 0.794. The maximum Gasteiger partial charge on any atom is 0.261 e. The number of halogens is 1. The van der Waals surface area contributed by atoms with Crippen molar-refractivity contribution in [2.45, 2.75) is 64.7 Å². The number of benzene rings is 3. The molecule has 3 N–H and O–H groups in total. The molecular formula is C30H41FN2OSi. The molecule has 0 saturated carbocycles. The van der Waals surface area contributed by atoms with Gasteiger partial charge in [0.1, 0.15) is 5.67 Å². The van der Waals surface area contributed by atoms with Crippen LogP contribution >= 0.6 is 0 Å². The van der Waals surface area contributed by atoms with Crippen LogP contribution in [0.2, 0.25) is 5.04 Å². The molecule has 1 unspecified atom stereocenters. The first-order valence-corrected chi connectivity index (χ1v) is 14.4. The van der Waals surface area contributed by atoms with Gasteiger partial charge in [-0.3, -0.25) is 0 Å². The van der Waals surface area contributed by atoms with Crippen LogP contribution in [0.3, 0.4) is 0 Å². The number of nitrogens with one attached hydrogen (secondary N) is 1. The lowest BCUT2D eigenvalue weighted by Gasteiger charge is -2.44. The summed E-state index contributed by atoms with van der Waals surface area (Å²) in [5.74, 6) is 0. The maximum absolute atomic E-state index is 15.9. The molecule has 0 aliphatic carbocycles. The summed E-state index contributed by atoms with van der Waals surface area (Å²) in [7, 11) is -2.77. The Morgan fingerprint density at radius 3 is 1.94 bits per heavy atom. The van der Waals surface area contributed by atoms with E-state index in [1.54, 1.807) is 6.92 Å². The molecule has 0 aromatic heterocycles. The number of hydrogen-bond acceptors (Lipinski definition) is 3. The van der Waals surface area contributed by atoms with Gasteiger partial charge in [-0.15, -0.1) is 0 Å². The summed E-state index contributed by atoms with van der Waals surface area (Å²) in [5, 5.41) is 5.53. The van der Waals surface area contributed by atoms with Crippen LogP contribution in [0.1, 0.15) is 45.7 Å². The fourth-order valence-electron chi connectivity index (χ4n) is 4.78. The summed E-state index contributed by atoms with van der Waals surface area (Å²) in [5.41, 5.74) is 7.62. The first-order chi connectivity index (χ1) is 16.5. The lowest BCUT2D eigenvalue weighted by Crippen LogP contribution is -2.67. The third-order valence-electron chi connectivity index (χ3n) is 6.84. The average molecular weight is 493 g/mol. The molecule has 3 nitrogen and oxygen atoms in total. The van der Waals surface area contributed by atoms with Crippen molar-refractivity contribution in [3.8, 4) is 0 Å². The number of rotatable bonds is 10. The predicted octanol–water partition coefficient (Wildman–Crippen LogP) is 5.40. The molecule has 5 heteroatoms. The molecular weight excluding hydrogens is 451 g/mol. The van der Waals surface area contributed by atoms with Crippen LogP contribution in [0.5, 0.6) is 0 Å². The van der Waals surface area contributed by atoms with Crippen molar-refractivity contribution in [2.75, 3.05) is 18.9 Å². The number of hydrogen-bond donors (Lipinski definition) is 2. The quantitative estimate of drug-likeness (QED) is 0.294. The van der Waals surface area contributed by atoms with E-state index in [-0.39, 0.29) is 24.2 Å². The van der Waals surface area contributed by atoms with Crippen LogP contribution in [0.15, 0.2) is 78.9 Å². The van der Waals surface area contributed by atoms with E-state index in [0.717, 1.165) is 28.0 Å². The zero-order chi connectivity index (χ0) is 25.7. The van der Waals surface area contributed by atoms with Crippen molar-refractivity contribution in [1.29, 1.82) is 0 Å². The zero-order valence-electron chi connectivity index (χ0n) is 22.1. The Morgan fingerprint density at radius 2 is 1.43 bits per heavy atom. The molecule has 35 heavy (non-hydrogen) atoms. The van der Waals surface area contributed by atoms with Gasteiger partial charge >= 0.3 is 0 Å². The summed E-state index contributed by atoms with van der Waals surface area (Å²) >= 11 is 0. The van der Waals surface area contributed by atoms with Gasteiger partial charge in [0.2, 0.25) is 0 Å². The van der Waals surface area contributed by atoms with Crippen LogP contribution in [0, 0.1) is 6.92 Å². The van der Waals surface area contributed by atoms with Gasteiger partial charge in [-0.2, -0.15) is 0 Å². The second-order valence-electron chi connectivity index (χ2n) is 11.0. The number of nitrogens with two attached hydrogens (primary N) is 1. The molecule has 0 amide bonds. The van der Waals surface area contributed by atoms with Crippen molar-refractivity contribution in [3.63, 3.8) is 0 Å². The molecule has 0 aliphatic heterocycles. The van der Waals surface area contributed by atoms with Gasteiger partial charge in [-0.25, -0.2) is 4.39 Å². The Morgan fingerprint density at radius 1 is 0.886 bits per heavy atom. The fourth-order valence-corrected chi connectivity index (χ4v) is 9.46. The molecule has 0 spiro atoms. The average Bonchev–Trinajstić information content (AvgIpc) is 2.82. The first-order valence-electron chi connectivity index (χ1n) is 12.5. The SMILES string of the molecule is Cc1c(N)cccc1C[C@@H](C)NCC(C)(F)CO[Si](c1ccccc1)(c1ccccc1)C(C)(C)C. The second-order valence-corrected chi connectivity index (χ2v) is 15.3. The van der Waals surface area contributed by atoms with Gasteiger partial charge in [-0.05, 0) is 59.8 Å². The molecule has 0 heterocycles. The molecule has 0 aliphatic rings. The van der Waals surface area contributed by atoms with Gasteiger partial charge < -0.3 is 15.5 Å². The van der Waals surface area contributed by atoms with Gasteiger partial charge in [-0.1, -0.05) is 93.6 Å². The van der Waals surface area contributed by atoms with Gasteiger partial charge in [0, 0.05) is 18.3 Å². The molecule has 3 aromatic carbocycles. The normalized spacial score (nSPS) is 14.9. The Hall–Kier alpha value is -2.47. The van der Waals surface area contributed by atoms with E-state index in [1.807, 2.05) is 55.5 Å². The zero-order valence-corrected chi connectivity index (χ0v) is 23.1. The minimum atomic E-state index is -2.77. The highest BCUT2D eigenvalue weighted by Gasteiger charge is 2.51. The lowest BCUT2D eigenvalue weighted by atomic mass is 10.00. The summed E-state index contributed by atoms with van der Waals surface area (Å²) in [6.45, 7) is 12.6. The van der Waals surface area contributed by atoms with E-state index < -0.39 is 14.0 Å². The minimum Gasteiger partial charge on any atom is -0.404 e. The Balaban J connectivity index is 1.78. The third-order valence-corrected chi connectivity index (χ3v) is 11.8. The molecule has 188 valence electrons. The fraction of sp³-hybridized carbons (Fsp3) is 0.400. The Bertz CT molecular complexity index is 1040. The summed E-state index contributed by atoms with van der Waals surface area (Å²) < 4.78 is 22.7. The predicted molar refractivity (Wildman–Crippen MR) is 150 cm³/mol. The smallest absolute Gasteiger partial charge is 0.261 e. The topological polar surface area (TPSA) is 47.3 Å². The highest BCUT2D eigenvalue weighted by Crippen LogP contribution is 2.37. The standard InChI is InChI=1S/C30H41FN2OSi/c1-23(20-25-14-13-19-28(32)24(25)2)33-21-30(6,31)22-34-35(29(3,4)5,26-15-9-7-10-16-26)27-17-11-8-12-18-27/h7-19,23,33H,20-22,32H2,1-6H3/t23-,30?/m1/s1. The van der Waals surface area contributed by atoms with Gasteiger partial charge in [0.15, 0.2) is 0 Å². The van der Waals surface area contributed by atoms with E-state index in [2.05, 4.69) is 63.3 Å². The summed E-state index contributed by atoms with van der Waals surface area (Å²) in [6, 6.07) is 26.8. The maximum atomic E-state index is 15.9. The van der Waals surface area contributed by atoms with Crippen LogP contribution in [-0.4, -0.2) is 33.2 Å². The second kappa shape index (κ2) is 11.1. The van der Waals surface area contributed by atoms with E-state index in [4.69, 9.17) is 10.2 Å². The van der Waals surface area contributed by atoms with E-state index >= 15 is 4.39 Å². The van der Waals surface area contributed by atoms with Crippen LogP contribution in [0.4, 0.5) is 10.1 Å². The number of alkyl halides is 1. The molecule has 0 bridgehead atoms. The molecule has 0 saturated heterocycles. The monoisotopic (exact) mass is 492 g/mol. The first kappa shape index (κ1) is 27.1. The van der Waals surface area contributed by atoms with Crippen LogP contribution in [0.25, 0.3) is 0 Å². The minimum absolute atomic E-state index is 0.0251. The van der Waals surface area contributed by atoms with Crippen LogP contribution in [-0.2, 0) is 10.8 Å². The Kier molecular flexibility index (Phi) is 8.57. The van der Waals surface area contributed by atoms with Crippen molar-refractivity contribution >= 4 is 24.4 Å². The largest absolute Gasteiger partial charge is 0.404 e. The van der Waals surface area contributed by atoms with Crippen molar-refractivity contribution < 1.29 is 8.82 Å². The number of anilines is 1. The van der Waals surface area contributed by atoms with Crippen LogP contribution < -0.4 is 21.4 Å². The summed E-state index contributed by atoms with van der Waals surface area (Å²) in [4.78, 5) is 0. The van der Waals surface area contributed by atoms with E-state index in [1.165, 1.54) is 5.56 Å². The molecule has 2 atom stereocenters. The molecule has 3 aromatic rings. The van der Waals surface area contributed by atoms with Crippen molar-refractivity contribution in [2.24, 2.45) is 0 Å².